The minimum Gasteiger partial charge on any atom is -0.497 e. The maximum atomic E-state index is 5.11. The summed E-state index contributed by atoms with van der Waals surface area (Å²) < 4.78 is 5.11. The quantitative estimate of drug-likeness (QED) is 0.661. The summed E-state index contributed by atoms with van der Waals surface area (Å²) in [4.78, 5) is 4.31. The lowest BCUT2D eigenvalue weighted by Crippen LogP contribution is -1.84. The van der Waals surface area contributed by atoms with Gasteiger partial charge in [0.2, 0.25) is 0 Å². The Morgan fingerprint density at radius 1 is 1.23 bits per heavy atom. The van der Waals surface area contributed by atoms with Crippen molar-refractivity contribution in [1.82, 2.24) is 4.98 Å². The van der Waals surface area contributed by atoms with Gasteiger partial charge in [-0.15, -0.1) is 0 Å². The summed E-state index contributed by atoms with van der Waals surface area (Å²) in [6.07, 6.45) is 1.86. The van der Waals surface area contributed by atoms with Crippen LogP contribution in [-0.2, 0) is 0 Å². The molecule has 0 aliphatic rings. The van der Waals surface area contributed by atoms with Gasteiger partial charge in [0.05, 0.1) is 12.6 Å². The predicted molar refractivity (Wildman–Crippen MR) is 53.0 cm³/mol. The van der Waals surface area contributed by atoms with Crippen LogP contribution in [0.15, 0.2) is 30.5 Å². The molecule has 0 saturated carbocycles. The van der Waals surface area contributed by atoms with E-state index in [2.05, 4.69) is 11.1 Å². The molecule has 0 atom stereocenters. The number of hydrogen-bond acceptors (Lipinski definition) is 2. The van der Waals surface area contributed by atoms with Gasteiger partial charge >= 0.3 is 0 Å². The van der Waals surface area contributed by atoms with Crippen LogP contribution in [0.1, 0.15) is 5.56 Å². The first-order valence-corrected chi connectivity index (χ1v) is 4.20. The number of aryl methyl sites for hydroxylation is 1. The third kappa shape index (κ3) is 1.47. The van der Waals surface area contributed by atoms with E-state index in [-0.39, 0.29) is 0 Å². The average Bonchev–Trinajstić information content (AvgIpc) is 2.17. The summed E-state index contributed by atoms with van der Waals surface area (Å²) in [6.45, 7) is 2.04. The van der Waals surface area contributed by atoms with Gasteiger partial charge in [-0.1, -0.05) is 0 Å². The summed E-state index contributed by atoms with van der Waals surface area (Å²) in [5, 5.41) is 1.15. The Hall–Kier alpha value is -1.57. The van der Waals surface area contributed by atoms with Crippen LogP contribution >= 0.6 is 0 Å². The number of ether oxygens (including phenoxy) is 1. The molecule has 0 fully saturated rings. The molecule has 0 amide bonds. The average molecular weight is 173 g/mol. The van der Waals surface area contributed by atoms with Gasteiger partial charge in [0, 0.05) is 17.6 Å². The SMILES string of the molecule is COc1ccc2cc(C)cnc2c1. The molecule has 0 unspecified atom stereocenters. The minimum absolute atomic E-state index is 0.851. The first-order valence-electron chi connectivity index (χ1n) is 4.20. The highest BCUT2D eigenvalue weighted by Gasteiger charge is 1.96. The predicted octanol–water partition coefficient (Wildman–Crippen LogP) is 2.55. The topological polar surface area (TPSA) is 22.1 Å². The summed E-state index contributed by atoms with van der Waals surface area (Å²) in [6, 6.07) is 8.02. The van der Waals surface area contributed by atoms with Crippen molar-refractivity contribution in [3.8, 4) is 5.75 Å². The van der Waals surface area contributed by atoms with Crippen molar-refractivity contribution in [2.24, 2.45) is 0 Å². The van der Waals surface area contributed by atoms with Gasteiger partial charge in [-0.05, 0) is 30.7 Å². The zero-order valence-corrected chi connectivity index (χ0v) is 7.74. The van der Waals surface area contributed by atoms with E-state index in [0.29, 0.717) is 0 Å². The van der Waals surface area contributed by atoms with Crippen molar-refractivity contribution in [3.05, 3.63) is 36.0 Å². The molecular weight excluding hydrogens is 162 g/mol. The number of aromatic nitrogens is 1. The van der Waals surface area contributed by atoms with Crippen LogP contribution in [0.2, 0.25) is 0 Å². The van der Waals surface area contributed by atoms with Crippen molar-refractivity contribution < 1.29 is 4.74 Å². The molecule has 2 nitrogen and oxygen atoms in total. The summed E-state index contributed by atoms with van der Waals surface area (Å²) in [5.74, 6) is 0.851. The van der Waals surface area contributed by atoms with E-state index in [1.165, 1.54) is 5.56 Å². The molecule has 1 heterocycles. The Labute approximate surface area is 77.2 Å². The molecule has 0 aliphatic carbocycles. The maximum Gasteiger partial charge on any atom is 0.121 e. The Bertz CT molecular complexity index is 437. The van der Waals surface area contributed by atoms with Gasteiger partial charge in [0.25, 0.3) is 0 Å². The van der Waals surface area contributed by atoms with E-state index in [1.54, 1.807) is 7.11 Å². The molecule has 2 aromatic rings. The fraction of sp³-hybridized carbons (Fsp3) is 0.182. The molecule has 66 valence electrons. The molecule has 1 aromatic carbocycles. The third-order valence-electron chi connectivity index (χ3n) is 2.03. The number of rotatable bonds is 1. The highest BCUT2D eigenvalue weighted by molar-refractivity contribution is 5.80. The number of fused-ring (bicyclic) bond motifs is 1. The number of benzene rings is 1. The van der Waals surface area contributed by atoms with E-state index >= 15 is 0 Å². The van der Waals surface area contributed by atoms with Crippen molar-refractivity contribution in [2.75, 3.05) is 7.11 Å². The Balaban J connectivity index is 2.66. The second-order valence-corrected chi connectivity index (χ2v) is 3.07. The first kappa shape index (κ1) is 8.05. The smallest absolute Gasteiger partial charge is 0.121 e. The maximum absolute atomic E-state index is 5.11. The van der Waals surface area contributed by atoms with Gasteiger partial charge in [-0.2, -0.15) is 0 Å². The van der Waals surface area contributed by atoms with Crippen LogP contribution in [0.4, 0.5) is 0 Å². The van der Waals surface area contributed by atoms with Crippen LogP contribution in [0.5, 0.6) is 5.75 Å². The number of hydrogen-bond donors (Lipinski definition) is 0. The lowest BCUT2D eigenvalue weighted by atomic mass is 10.2. The number of nitrogens with zero attached hydrogens (tertiary/aromatic N) is 1. The van der Waals surface area contributed by atoms with E-state index in [1.807, 2.05) is 31.3 Å². The summed E-state index contributed by atoms with van der Waals surface area (Å²) >= 11 is 0. The van der Waals surface area contributed by atoms with Gasteiger partial charge in [0.1, 0.15) is 5.75 Å². The summed E-state index contributed by atoms with van der Waals surface area (Å²) in [7, 11) is 1.66. The lowest BCUT2D eigenvalue weighted by molar-refractivity contribution is 0.415. The number of methoxy groups -OCH3 is 1. The van der Waals surface area contributed by atoms with Crippen LogP contribution in [0.25, 0.3) is 10.9 Å². The Morgan fingerprint density at radius 2 is 2.08 bits per heavy atom. The van der Waals surface area contributed by atoms with Crippen molar-refractivity contribution in [3.63, 3.8) is 0 Å². The zero-order valence-electron chi connectivity index (χ0n) is 7.74. The fourth-order valence-electron chi connectivity index (χ4n) is 1.34. The third-order valence-corrected chi connectivity index (χ3v) is 2.03. The van der Waals surface area contributed by atoms with Crippen molar-refractivity contribution in [1.29, 1.82) is 0 Å². The lowest BCUT2D eigenvalue weighted by Gasteiger charge is -2.01. The van der Waals surface area contributed by atoms with Gasteiger partial charge in [-0.25, -0.2) is 0 Å². The van der Waals surface area contributed by atoms with E-state index in [0.717, 1.165) is 16.7 Å². The van der Waals surface area contributed by atoms with Crippen LogP contribution in [-0.4, -0.2) is 12.1 Å². The van der Waals surface area contributed by atoms with Gasteiger partial charge in [0.15, 0.2) is 0 Å². The molecular formula is C11H11NO. The molecule has 0 saturated heterocycles. The molecule has 0 radical (unpaired) electrons. The van der Waals surface area contributed by atoms with Gasteiger partial charge < -0.3 is 4.74 Å². The van der Waals surface area contributed by atoms with Crippen molar-refractivity contribution >= 4 is 10.9 Å². The molecule has 2 rings (SSSR count). The molecule has 0 bridgehead atoms. The van der Waals surface area contributed by atoms with Crippen LogP contribution in [0, 0.1) is 6.92 Å². The Morgan fingerprint density at radius 3 is 2.85 bits per heavy atom. The summed E-state index contributed by atoms with van der Waals surface area (Å²) in [5.41, 5.74) is 2.16. The Kier molecular flexibility index (Phi) is 1.89. The first-order chi connectivity index (χ1) is 6.29. The molecule has 1 aromatic heterocycles. The van der Waals surface area contributed by atoms with E-state index < -0.39 is 0 Å². The van der Waals surface area contributed by atoms with E-state index in [9.17, 15) is 0 Å². The monoisotopic (exact) mass is 173 g/mol. The molecule has 2 heteroatoms. The van der Waals surface area contributed by atoms with Gasteiger partial charge in [-0.3, -0.25) is 4.98 Å². The molecule has 0 aliphatic heterocycles. The van der Waals surface area contributed by atoms with Crippen LogP contribution < -0.4 is 4.74 Å². The molecule has 0 spiro atoms. The minimum atomic E-state index is 0.851. The highest BCUT2D eigenvalue weighted by Crippen LogP contribution is 2.19. The van der Waals surface area contributed by atoms with E-state index in [4.69, 9.17) is 4.74 Å². The van der Waals surface area contributed by atoms with Crippen LogP contribution in [0.3, 0.4) is 0 Å². The largest absolute Gasteiger partial charge is 0.497 e. The normalized spacial score (nSPS) is 10.3. The second-order valence-electron chi connectivity index (χ2n) is 3.07. The fourth-order valence-corrected chi connectivity index (χ4v) is 1.34. The molecule has 13 heavy (non-hydrogen) atoms. The molecule has 0 N–H and O–H groups in total. The zero-order chi connectivity index (χ0) is 9.26. The second kappa shape index (κ2) is 3.05. The standard InChI is InChI=1S/C11H11NO/c1-8-5-9-3-4-10(13-2)6-11(9)12-7-8/h3-7H,1-2H3. The highest BCUT2D eigenvalue weighted by atomic mass is 16.5. The number of pyridine rings is 1. The van der Waals surface area contributed by atoms with Crippen molar-refractivity contribution in [2.45, 2.75) is 6.92 Å².